The van der Waals surface area contributed by atoms with E-state index < -0.39 is 0 Å². The van der Waals surface area contributed by atoms with Crippen molar-refractivity contribution in [2.45, 2.75) is 38.3 Å². The van der Waals surface area contributed by atoms with E-state index in [0.29, 0.717) is 12.5 Å². The Morgan fingerprint density at radius 2 is 2.08 bits per heavy atom. The second-order valence-corrected chi connectivity index (χ2v) is 7.06. The van der Waals surface area contributed by atoms with Crippen LogP contribution in [0.3, 0.4) is 0 Å². The number of fused-ring (bicyclic) bond motifs is 3. The standard InChI is InChI=1S/C23H25NO2/c1-3-13-25-18-10-8-17(9-11-18)22-19-6-5-14-26-23(19)20-15-16(4-2)7-12-21(20)24-22/h1,7-12,15,19,22-24H,4-6,13-14H2,2H3. The molecule has 4 rings (SSSR count). The Bertz CT molecular complexity index is 806. The smallest absolute Gasteiger partial charge is 0.148 e. The first-order valence-corrected chi connectivity index (χ1v) is 9.47. The van der Waals surface area contributed by atoms with Crippen molar-refractivity contribution in [1.82, 2.24) is 0 Å². The van der Waals surface area contributed by atoms with Gasteiger partial charge in [0.2, 0.25) is 0 Å². The molecule has 1 fully saturated rings. The van der Waals surface area contributed by atoms with E-state index in [4.69, 9.17) is 15.9 Å². The molecule has 0 radical (unpaired) electrons. The van der Waals surface area contributed by atoms with Crippen molar-refractivity contribution in [3.63, 3.8) is 0 Å². The first kappa shape index (κ1) is 17.0. The summed E-state index contributed by atoms with van der Waals surface area (Å²) in [6, 6.07) is 15.3. The van der Waals surface area contributed by atoms with Crippen LogP contribution in [0.5, 0.6) is 5.75 Å². The van der Waals surface area contributed by atoms with E-state index in [2.05, 4.69) is 48.5 Å². The normalized spacial score (nSPS) is 23.9. The Labute approximate surface area is 155 Å². The summed E-state index contributed by atoms with van der Waals surface area (Å²) in [5.41, 5.74) is 5.15. The lowest BCUT2D eigenvalue weighted by atomic mass is 9.77. The highest BCUT2D eigenvalue weighted by molar-refractivity contribution is 5.58. The fourth-order valence-electron chi connectivity index (χ4n) is 4.17. The summed E-state index contributed by atoms with van der Waals surface area (Å²) in [7, 11) is 0. The summed E-state index contributed by atoms with van der Waals surface area (Å²) in [5.74, 6) is 3.76. The van der Waals surface area contributed by atoms with Gasteiger partial charge in [-0.1, -0.05) is 37.1 Å². The van der Waals surface area contributed by atoms with Crippen molar-refractivity contribution in [1.29, 1.82) is 0 Å². The number of rotatable bonds is 4. The number of benzene rings is 2. The minimum absolute atomic E-state index is 0.175. The van der Waals surface area contributed by atoms with Crippen LogP contribution in [-0.4, -0.2) is 13.2 Å². The molecule has 2 aromatic carbocycles. The molecule has 0 amide bonds. The van der Waals surface area contributed by atoms with Crippen LogP contribution in [0.15, 0.2) is 42.5 Å². The lowest BCUT2D eigenvalue weighted by Gasteiger charge is -2.43. The molecule has 3 unspecified atom stereocenters. The number of terminal acetylenes is 1. The van der Waals surface area contributed by atoms with Gasteiger partial charge in [0.1, 0.15) is 12.4 Å². The van der Waals surface area contributed by atoms with Crippen LogP contribution in [0.2, 0.25) is 0 Å². The Morgan fingerprint density at radius 1 is 1.23 bits per heavy atom. The van der Waals surface area contributed by atoms with Gasteiger partial charge in [0, 0.05) is 23.8 Å². The molecule has 0 saturated carbocycles. The third-order valence-corrected chi connectivity index (χ3v) is 5.50. The number of ether oxygens (including phenoxy) is 2. The van der Waals surface area contributed by atoms with Gasteiger partial charge >= 0.3 is 0 Å². The van der Waals surface area contributed by atoms with E-state index in [1.165, 1.54) is 28.8 Å². The summed E-state index contributed by atoms with van der Waals surface area (Å²) in [6.45, 7) is 3.35. The van der Waals surface area contributed by atoms with Gasteiger partial charge in [0.15, 0.2) is 0 Å². The molecule has 3 nitrogen and oxygen atoms in total. The maximum Gasteiger partial charge on any atom is 0.148 e. The molecule has 0 bridgehead atoms. The zero-order chi connectivity index (χ0) is 17.9. The number of hydrogen-bond donors (Lipinski definition) is 1. The first-order chi connectivity index (χ1) is 12.8. The Morgan fingerprint density at radius 3 is 2.85 bits per heavy atom. The molecule has 2 aliphatic rings. The summed E-state index contributed by atoms with van der Waals surface area (Å²) in [4.78, 5) is 0. The molecule has 0 aliphatic carbocycles. The van der Waals surface area contributed by atoms with Crippen LogP contribution >= 0.6 is 0 Å². The quantitative estimate of drug-likeness (QED) is 0.798. The number of aryl methyl sites for hydroxylation is 1. The van der Waals surface area contributed by atoms with E-state index in [1.807, 2.05) is 12.1 Å². The second-order valence-electron chi connectivity index (χ2n) is 7.06. The van der Waals surface area contributed by atoms with Crippen LogP contribution in [0.4, 0.5) is 5.69 Å². The predicted molar refractivity (Wildman–Crippen MR) is 104 cm³/mol. The molecule has 134 valence electrons. The minimum Gasteiger partial charge on any atom is -0.481 e. The van der Waals surface area contributed by atoms with Gasteiger partial charge in [-0.15, -0.1) is 6.42 Å². The van der Waals surface area contributed by atoms with Crippen molar-refractivity contribution in [3.8, 4) is 18.1 Å². The fourth-order valence-corrected chi connectivity index (χ4v) is 4.17. The van der Waals surface area contributed by atoms with Gasteiger partial charge in [0.05, 0.1) is 12.1 Å². The van der Waals surface area contributed by atoms with Gasteiger partial charge in [-0.3, -0.25) is 0 Å². The molecule has 2 aliphatic heterocycles. The third kappa shape index (κ3) is 3.18. The Hall–Kier alpha value is -2.44. The molecule has 2 aromatic rings. The van der Waals surface area contributed by atoms with E-state index in [1.54, 1.807) is 0 Å². The summed E-state index contributed by atoms with van der Waals surface area (Å²) in [6.07, 6.45) is 8.78. The zero-order valence-corrected chi connectivity index (χ0v) is 15.2. The molecule has 0 aromatic heterocycles. The van der Waals surface area contributed by atoms with Crippen LogP contribution < -0.4 is 10.1 Å². The van der Waals surface area contributed by atoms with E-state index >= 15 is 0 Å². The van der Waals surface area contributed by atoms with E-state index in [0.717, 1.165) is 25.2 Å². The minimum atomic E-state index is 0.175. The number of nitrogens with one attached hydrogen (secondary N) is 1. The highest BCUT2D eigenvalue weighted by Crippen LogP contribution is 2.49. The van der Waals surface area contributed by atoms with E-state index in [-0.39, 0.29) is 12.1 Å². The summed E-state index contributed by atoms with van der Waals surface area (Å²) >= 11 is 0. The van der Waals surface area contributed by atoms with Crippen LogP contribution in [0.25, 0.3) is 0 Å². The first-order valence-electron chi connectivity index (χ1n) is 9.47. The molecule has 26 heavy (non-hydrogen) atoms. The molecule has 0 spiro atoms. The zero-order valence-electron chi connectivity index (χ0n) is 15.2. The van der Waals surface area contributed by atoms with Crippen molar-refractivity contribution in [3.05, 3.63) is 59.2 Å². The average molecular weight is 347 g/mol. The average Bonchev–Trinajstić information content (AvgIpc) is 2.71. The van der Waals surface area contributed by atoms with E-state index in [9.17, 15) is 0 Å². The summed E-state index contributed by atoms with van der Waals surface area (Å²) < 4.78 is 11.8. The van der Waals surface area contributed by atoms with Crippen molar-refractivity contribution < 1.29 is 9.47 Å². The van der Waals surface area contributed by atoms with Gasteiger partial charge in [-0.25, -0.2) is 0 Å². The SMILES string of the molecule is C#CCOc1ccc(C2Nc3ccc(CC)cc3C3OCCCC23)cc1. The van der Waals surface area contributed by atoms with Gasteiger partial charge in [-0.05, 0) is 48.6 Å². The maximum atomic E-state index is 6.25. The van der Waals surface area contributed by atoms with Gasteiger partial charge < -0.3 is 14.8 Å². The monoisotopic (exact) mass is 347 g/mol. The third-order valence-electron chi connectivity index (χ3n) is 5.50. The van der Waals surface area contributed by atoms with Crippen molar-refractivity contribution in [2.24, 2.45) is 5.92 Å². The Kier molecular flexibility index (Phi) is 4.86. The van der Waals surface area contributed by atoms with Crippen molar-refractivity contribution in [2.75, 3.05) is 18.5 Å². The Balaban J connectivity index is 1.65. The molecule has 2 heterocycles. The van der Waals surface area contributed by atoms with Gasteiger partial charge in [0.25, 0.3) is 0 Å². The lowest BCUT2D eigenvalue weighted by Crippen LogP contribution is -2.36. The molecule has 3 heteroatoms. The number of hydrogen-bond acceptors (Lipinski definition) is 3. The van der Waals surface area contributed by atoms with Crippen LogP contribution in [0, 0.1) is 18.3 Å². The molecule has 1 N–H and O–H groups in total. The maximum absolute atomic E-state index is 6.25. The molecular weight excluding hydrogens is 322 g/mol. The van der Waals surface area contributed by atoms with Crippen molar-refractivity contribution >= 4 is 5.69 Å². The van der Waals surface area contributed by atoms with Gasteiger partial charge in [-0.2, -0.15) is 0 Å². The highest BCUT2D eigenvalue weighted by atomic mass is 16.5. The highest BCUT2D eigenvalue weighted by Gasteiger charge is 2.39. The molecule has 3 atom stereocenters. The molecule has 1 saturated heterocycles. The largest absolute Gasteiger partial charge is 0.481 e. The fraction of sp³-hybridized carbons (Fsp3) is 0.391. The number of anilines is 1. The predicted octanol–water partition coefficient (Wildman–Crippen LogP) is 4.90. The van der Waals surface area contributed by atoms with Crippen LogP contribution in [-0.2, 0) is 11.2 Å². The summed E-state index contributed by atoms with van der Waals surface area (Å²) in [5, 5.41) is 3.77. The molecular formula is C23H25NO2. The topological polar surface area (TPSA) is 30.5 Å². The lowest BCUT2D eigenvalue weighted by molar-refractivity contribution is -0.0381. The van der Waals surface area contributed by atoms with Crippen LogP contribution in [0.1, 0.15) is 48.6 Å². The second kappa shape index (κ2) is 7.43.